The number of imidazole rings is 1. The second-order valence-electron chi connectivity index (χ2n) is 5.44. The lowest BCUT2D eigenvalue weighted by Gasteiger charge is -2.16. The third kappa shape index (κ3) is 5.31. The van der Waals surface area contributed by atoms with Crippen molar-refractivity contribution < 1.29 is 4.21 Å². The number of pyridine rings is 1. The molecule has 0 amide bonds. The molecule has 24 heavy (non-hydrogen) atoms. The summed E-state index contributed by atoms with van der Waals surface area (Å²) in [5.74, 6) is 0.474. The zero-order valence-corrected chi connectivity index (χ0v) is 15.0. The Hall–Kier alpha value is -2.47. The first-order chi connectivity index (χ1) is 11.6. The van der Waals surface area contributed by atoms with Gasteiger partial charge in [0.05, 0.1) is 16.6 Å². The number of hydrogen-bond acceptors (Lipinski definition) is 4. The number of aryl methyl sites for hydroxylation is 1. The van der Waals surface area contributed by atoms with Crippen LogP contribution in [0.25, 0.3) is 0 Å². The number of aromatic amines is 1. The minimum absolute atomic E-state index is 0.474. The Kier molecular flexibility index (Phi) is 6.69. The maximum absolute atomic E-state index is 12.0. The molecule has 3 aromatic rings. The lowest BCUT2D eigenvalue weighted by Crippen LogP contribution is -2.12. The van der Waals surface area contributed by atoms with Crippen LogP contribution < -0.4 is 4.90 Å². The highest BCUT2D eigenvalue weighted by molar-refractivity contribution is 7.84. The van der Waals surface area contributed by atoms with Gasteiger partial charge in [0, 0.05) is 44.6 Å². The van der Waals surface area contributed by atoms with Crippen molar-refractivity contribution in [3.63, 3.8) is 0 Å². The standard InChI is InChI=1S/C12H15N3OS.C6H7N/c1-15(2)11-6-4-3-5-10(11)9-17(16)12-13-7-8-14-12;1-6-3-2-4-7-5-6/h3-8H,9H2,1-2H3,(H,13,14);2-5H,1H3/t17-;/m1./s1. The minimum Gasteiger partial charge on any atom is -0.377 e. The number of nitrogens with zero attached hydrogens (tertiary/aromatic N) is 3. The number of aromatic nitrogens is 3. The quantitative estimate of drug-likeness (QED) is 0.791. The number of hydrogen-bond donors (Lipinski definition) is 1. The van der Waals surface area contributed by atoms with Crippen LogP contribution in [0.4, 0.5) is 5.69 Å². The summed E-state index contributed by atoms with van der Waals surface area (Å²) in [7, 11) is 2.84. The molecule has 1 aromatic carbocycles. The van der Waals surface area contributed by atoms with Crippen LogP contribution in [-0.4, -0.2) is 33.3 Å². The van der Waals surface area contributed by atoms with Crippen LogP contribution in [0.2, 0.25) is 0 Å². The van der Waals surface area contributed by atoms with E-state index in [1.54, 1.807) is 18.6 Å². The van der Waals surface area contributed by atoms with Gasteiger partial charge in [0.15, 0.2) is 5.16 Å². The SMILES string of the molecule is CN(C)c1ccccc1C[S@@](=O)c1ncc[nH]1.Cc1cccnc1. The minimum atomic E-state index is -1.12. The summed E-state index contributed by atoms with van der Waals surface area (Å²) >= 11 is 0. The Bertz CT molecular complexity index is 758. The number of nitrogens with one attached hydrogen (secondary N) is 1. The molecular formula is C18H22N4OS. The molecule has 3 rings (SSSR count). The normalized spacial score (nSPS) is 11.3. The number of anilines is 1. The molecule has 0 unspecified atom stereocenters. The van der Waals surface area contributed by atoms with Crippen molar-refractivity contribution in [3.8, 4) is 0 Å². The van der Waals surface area contributed by atoms with E-state index in [1.165, 1.54) is 5.56 Å². The average Bonchev–Trinajstić information content (AvgIpc) is 3.11. The Morgan fingerprint density at radius 3 is 2.46 bits per heavy atom. The first kappa shape index (κ1) is 17.9. The van der Waals surface area contributed by atoms with Gasteiger partial charge in [0.25, 0.3) is 0 Å². The second kappa shape index (κ2) is 8.98. The van der Waals surface area contributed by atoms with Crippen molar-refractivity contribution in [1.29, 1.82) is 0 Å². The smallest absolute Gasteiger partial charge is 0.196 e. The number of rotatable bonds is 4. The molecule has 0 aliphatic heterocycles. The molecule has 5 nitrogen and oxygen atoms in total. The topological polar surface area (TPSA) is 61.9 Å². The van der Waals surface area contributed by atoms with E-state index in [2.05, 4.69) is 15.0 Å². The van der Waals surface area contributed by atoms with Crippen LogP contribution in [0.15, 0.2) is 66.3 Å². The molecule has 0 bridgehead atoms. The van der Waals surface area contributed by atoms with Crippen LogP contribution >= 0.6 is 0 Å². The molecule has 1 atom stereocenters. The van der Waals surface area contributed by atoms with Crippen molar-refractivity contribution >= 4 is 16.5 Å². The van der Waals surface area contributed by atoms with Crippen LogP contribution in [0.1, 0.15) is 11.1 Å². The lowest BCUT2D eigenvalue weighted by molar-refractivity contribution is 0.677. The Morgan fingerprint density at radius 1 is 1.12 bits per heavy atom. The highest BCUT2D eigenvalue weighted by Crippen LogP contribution is 2.20. The van der Waals surface area contributed by atoms with E-state index in [0.717, 1.165) is 11.3 Å². The number of para-hydroxylation sites is 1. The monoisotopic (exact) mass is 342 g/mol. The number of H-pyrrole nitrogens is 1. The van der Waals surface area contributed by atoms with Gasteiger partial charge in [0.2, 0.25) is 0 Å². The fourth-order valence-corrected chi connectivity index (χ4v) is 3.14. The molecule has 0 radical (unpaired) electrons. The van der Waals surface area contributed by atoms with Gasteiger partial charge in [-0.05, 0) is 30.2 Å². The lowest BCUT2D eigenvalue weighted by atomic mass is 10.2. The molecule has 0 aliphatic rings. The first-order valence-electron chi connectivity index (χ1n) is 7.57. The van der Waals surface area contributed by atoms with Crippen molar-refractivity contribution in [3.05, 3.63) is 72.3 Å². The zero-order valence-electron chi connectivity index (χ0n) is 14.1. The van der Waals surface area contributed by atoms with Crippen LogP contribution in [0.5, 0.6) is 0 Å². The van der Waals surface area contributed by atoms with Gasteiger partial charge >= 0.3 is 0 Å². The predicted octanol–water partition coefficient (Wildman–Crippen LogP) is 3.17. The van der Waals surface area contributed by atoms with Crippen molar-refractivity contribution in [2.75, 3.05) is 19.0 Å². The summed E-state index contributed by atoms with van der Waals surface area (Å²) in [4.78, 5) is 12.8. The fourth-order valence-electron chi connectivity index (χ4n) is 2.10. The van der Waals surface area contributed by atoms with Crippen LogP contribution in [-0.2, 0) is 16.6 Å². The summed E-state index contributed by atoms with van der Waals surface area (Å²) < 4.78 is 12.0. The Balaban J connectivity index is 0.000000249. The summed E-state index contributed by atoms with van der Waals surface area (Å²) in [6.07, 6.45) is 6.91. The maximum atomic E-state index is 12.0. The van der Waals surface area contributed by atoms with E-state index in [0.29, 0.717) is 10.9 Å². The van der Waals surface area contributed by atoms with E-state index in [4.69, 9.17) is 0 Å². The summed E-state index contributed by atoms with van der Waals surface area (Å²) in [5, 5.41) is 0.526. The second-order valence-corrected chi connectivity index (χ2v) is 6.80. The van der Waals surface area contributed by atoms with Gasteiger partial charge < -0.3 is 9.88 Å². The van der Waals surface area contributed by atoms with E-state index in [-0.39, 0.29) is 0 Å². The van der Waals surface area contributed by atoms with Gasteiger partial charge in [-0.1, -0.05) is 24.3 Å². The number of benzene rings is 1. The molecule has 0 saturated carbocycles. The molecule has 0 saturated heterocycles. The van der Waals surface area contributed by atoms with E-state index >= 15 is 0 Å². The third-order valence-corrected chi connectivity index (χ3v) is 4.49. The van der Waals surface area contributed by atoms with Crippen molar-refractivity contribution in [2.24, 2.45) is 0 Å². The summed E-state index contributed by atoms with van der Waals surface area (Å²) in [6.45, 7) is 2.02. The highest BCUT2D eigenvalue weighted by atomic mass is 32.2. The summed E-state index contributed by atoms with van der Waals surface area (Å²) in [6, 6.07) is 11.9. The van der Waals surface area contributed by atoms with E-state index in [1.807, 2.05) is 68.5 Å². The highest BCUT2D eigenvalue weighted by Gasteiger charge is 2.11. The largest absolute Gasteiger partial charge is 0.377 e. The maximum Gasteiger partial charge on any atom is 0.196 e. The van der Waals surface area contributed by atoms with Crippen molar-refractivity contribution in [1.82, 2.24) is 15.0 Å². The molecular weight excluding hydrogens is 320 g/mol. The molecule has 1 N–H and O–H groups in total. The Labute approximate surface area is 145 Å². The molecule has 0 fully saturated rings. The molecule has 2 heterocycles. The van der Waals surface area contributed by atoms with Gasteiger partial charge in [-0.2, -0.15) is 0 Å². The van der Waals surface area contributed by atoms with Crippen LogP contribution in [0.3, 0.4) is 0 Å². The first-order valence-corrected chi connectivity index (χ1v) is 8.89. The molecule has 2 aromatic heterocycles. The summed E-state index contributed by atoms with van der Waals surface area (Å²) in [5.41, 5.74) is 3.36. The van der Waals surface area contributed by atoms with Gasteiger partial charge in [-0.15, -0.1) is 0 Å². The zero-order chi connectivity index (χ0) is 17.4. The molecule has 0 aliphatic carbocycles. The third-order valence-electron chi connectivity index (χ3n) is 3.26. The fraction of sp³-hybridized carbons (Fsp3) is 0.222. The van der Waals surface area contributed by atoms with Gasteiger partial charge in [-0.25, -0.2) is 4.98 Å². The van der Waals surface area contributed by atoms with Crippen LogP contribution in [0, 0.1) is 6.92 Å². The average molecular weight is 342 g/mol. The van der Waals surface area contributed by atoms with Crippen molar-refractivity contribution in [2.45, 2.75) is 17.8 Å². The Morgan fingerprint density at radius 2 is 1.92 bits per heavy atom. The van der Waals surface area contributed by atoms with E-state index in [9.17, 15) is 4.21 Å². The predicted molar refractivity (Wildman–Crippen MR) is 98.4 cm³/mol. The molecule has 126 valence electrons. The molecule has 0 spiro atoms. The van der Waals surface area contributed by atoms with Gasteiger partial charge in [0.1, 0.15) is 0 Å². The van der Waals surface area contributed by atoms with Gasteiger partial charge in [-0.3, -0.25) is 9.19 Å². The molecule has 6 heteroatoms. The van der Waals surface area contributed by atoms with E-state index < -0.39 is 10.8 Å².